The van der Waals surface area contributed by atoms with Crippen molar-refractivity contribution < 1.29 is 0 Å². The second-order valence-corrected chi connectivity index (χ2v) is 3.63. The van der Waals surface area contributed by atoms with Crippen molar-refractivity contribution in [1.82, 2.24) is 4.57 Å². The molecule has 0 spiro atoms. The molecule has 0 aliphatic heterocycles. The van der Waals surface area contributed by atoms with E-state index in [1.807, 2.05) is 0 Å². The number of aromatic nitrogens is 1. The summed E-state index contributed by atoms with van der Waals surface area (Å²) in [7, 11) is 0. The van der Waals surface area contributed by atoms with E-state index in [1.165, 1.54) is 23.7 Å². The van der Waals surface area contributed by atoms with E-state index in [0.717, 1.165) is 13.0 Å². The zero-order valence-electron chi connectivity index (χ0n) is 8.45. The standard InChI is InChI=1S/C13H16N/c1-2-3-6-10-14-11-9-12-7-4-5-8-13(12)14/h4-5,7-9,11H,1-3,6,10H2. The first-order valence-electron chi connectivity index (χ1n) is 5.25. The van der Waals surface area contributed by atoms with Gasteiger partial charge in [0.15, 0.2) is 0 Å². The van der Waals surface area contributed by atoms with Crippen molar-refractivity contribution in [2.45, 2.75) is 25.8 Å². The highest BCUT2D eigenvalue weighted by molar-refractivity contribution is 5.79. The van der Waals surface area contributed by atoms with E-state index in [1.54, 1.807) is 0 Å². The summed E-state index contributed by atoms with van der Waals surface area (Å²) in [6.45, 7) is 4.97. The van der Waals surface area contributed by atoms with Crippen molar-refractivity contribution >= 4 is 10.9 Å². The maximum atomic E-state index is 3.86. The Hall–Kier alpha value is -1.24. The van der Waals surface area contributed by atoms with E-state index in [-0.39, 0.29) is 0 Å². The summed E-state index contributed by atoms with van der Waals surface area (Å²) in [5, 5.41) is 1.34. The van der Waals surface area contributed by atoms with Crippen LogP contribution in [0, 0.1) is 6.92 Å². The summed E-state index contributed by atoms with van der Waals surface area (Å²) in [5.41, 5.74) is 1.34. The van der Waals surface area contributed by atoms with Gasteiger partial charge in [-0.1, -0.05) is 38.0 Å². The van der Waals surface area contributed by atoms with Crippen molar-refractivity contribution in [1.29, 1.82) is 0 Å². The molecule has 0 unspecified atom stereocenters. The van der Waals surface area contributed by atoms with Crippen LogP contribution in [0.2, 0.25) is 0 Å². The molecule has 0 amide bonds. The molecule has 1 radical (unpaired) electrons. The summed E-state index contributed by atoms with van der Waals surface area (Å²) in [6.07, 6.45) is 5.65. The van der Waals surface area contributed by atoms with Gasteiger partial charge in [-0.05, 0) is 23.9 Å². The molecule has 14 heavy (non-hydrogen) atoms. The molecule has 1 heteroatoms. The molecule has 2 rings (SSSR count). The molecular weight excluding hydrogens is 170 g/mol. The van der Waals surface area contributed by atoms with Gasteiger partial charge in [0.05, 0.1) is 0 Å². The topological polar surface area (TPSA) is 4.93 Å². The number of nitrogens with zero attached hydrogens (tertiary/aromatic N) is 1. The van der Waals surface area contributed by atoms with Gasteiger partial charge in [0.2, 0.25) is 0 Å². The van der Waals surface area contributed by atoms with E-state index >= 15 is 0 Å². The van der Waals surface area contributed by atoms with Gasteiger partial charge in [0.1, 0.15) is 0 Å². The Kier molecular flexibility index (Phi) is 2.87. The van der Waals surface area contributed by atoms with Crippen LogP contribution < -0.4 is 0 Å². The predicted octanol–water partition coefficient (Wildman–Crippen LogP) is 3.65. The minimum atomic E-state index is 1.04. The molecule has 0 aliphatic carbocycles. The van der Waals surface area contributed by atoms with Gasteiger partial charge in [0.25, 0.3) is 0 Å². The fourth-order valence-electron chi connectivity index (χ4n) is 1.79. The number of rotatable bonds is 4. The Bertz CT molecular complexity index is 400. The molecule has 1 aromatic heterocycles. The van der Waals surface area contributed by atoms with Gasteiger partial charge < -0.3 is 4.57 Å². The van der Waals surface area contributed by atoms with Crippen LogP contribution in [0.25, 0.3) is 10.9 Å². The highest BCUT2D eigenvalue weighted by Gasteiger charge is 1.98. The zero-order chi connectivity index (χ0) is 9.80. The number of fused-ring (bicyclic) bond motifs is 1. The smallest absolute Gasteiger partial charge is 0.0480 e. The number of para-hydroxylation sites is 1. The largest absolute Gasteiger partial charge is 0.347 e. The lowest BCUT2D eigenvalue weighted by atomic mass is 10.2. The average Bonchev–Trinajstić information content (AvgIpc) is 2.63. The minimum absolute atomic E-state index is 1.04. The Morgan fingerprint density at radius 2 is 1.93 bits per heavy atom. The van der Waals surface area contributed by atoms with E-state index in [2.05, 4.69) is 48.0 Å². The monoisotopic (exact) mass is 186 g/mol. The lowest BCUT2D eigenvalue weighted by Crippen LogP contribution is -1.95. The van der Waals surface area contributed by atoms with E-state index in [9.17, 15) is 0 Å². The average molecular weight is 186 g/mol. The van der Waals surface area contributed by atoms with Crippen LogP contribution in [0.1, 0.15) is 19.3 Å². The Morgan fingerprint density at radius 3 is 2.79 bits per heavy atom. The van der Waals surface area contributed by atoms with Gasteiger partial charge in [0, 0.05) is 18.3 Å². The van der Waals surface area contributed by atoms with Crippen molar-refractivity contribution in [2.24, 2.45) is 0 Å². The number of benzene rings is 1. The van der Waals surface area contributed by atoms with E-state index in [0.29, 0.717) is 0 Å². The normalized spacial score (nSPS) is 10.9. The van der Waals surface area contributed by atoms with Crippen LogP contribution >= 0.6 is 0 Å². The fraction of sp³-hybridized carbons (Fsp3) is 0.308. The second-order valence-electron chi connectivity index (χ2n) is 3.63. The summed E-state index contributed by atoms with van der Waals surface area (Å²) in [6, 6.07) is 10.7. The molecule has 0 fully saturated rings. The molecule has 0 saturated carbocycles. The molecule has 73 valence electrons. The molecule has 1 aromatic carbocycles. The van der Waals surface area contributed by atoms with Crippen LogP contribution in [0.5, 0.6) is 0 Å². The zero-order valence-corrected chi connectivity index (χ0v) is 8.45. The first-order chi connectivity index (χ1) is 6.92. The Labute approximate surface area is 85.4 Å². The van der Waals surface area contributed by atoms with Gasteiger partial charge in [-0.15, -0.1) is 0 Å². The summed E-state index contributed by atoms with van der Waals surface area (Å²) >= 11 is 0. The van der Waals surface area contributed by atoms with Crippen LogP contribution in [0.4, 0.5) is 0 Å². The van der Waals surface area contributed by atoms with Crippen molar-refractivity contribution in [3.63, 3.8) is 0 Å². The van der Waals surface area contributed by atoms with Gasteiger partial charge in [-0.3, -0.25) is 0 Å². The number of unbranched alkanes of at least 4 members (excludes halogenated alkanes) is 2. The van der Waals surface area contributed by atoms with E-state index in [4.69, 9.17) is 0 Å². The lowest BCUT2D eigenvalue weighted by molar-refractivity contribution is 0.629. The fourth-order valence-corrected chi connectivity index (χ4v) is 1.79. The SMILES string of the molecule is [CH2]CCCCn1ccc2ccccc21. The minimum Gasteiger partial charge on any atom is -0.347 e. The molecule has 0 saturated heterocycles. The Balaban J connectivity index is 2.17. The summed E-state index contributed by atoms with van der Waals surface area (Å²) < 4.78 is 2.32. The molecule has 1 heterocycles. The number of aryl methyl sites for hydroxylation is 1. The second kappa shape index (κ2) is 4.32. The van der Waals surface area contributed by atoms with Gasteiger partial charge >= 0.3 is 0 Å². The van der Waals surface area contributed by atoms with Crippen molar-refractivity contribution in [3.8, 4) is 0 Å². The third-order valence-electron chi connectivity index (χ3n) is 2.58. The predicted molar refractivity (Wildman–Crippen MR) is 61.1 cm³/mol. The molecule has 0 aliphatic rings. The number of hydrogen-bond donors (Lipinski definition) is 0. The maximum absolute atomic E-state index is 3.86. The van der Waals surface area contributed by atoms with Crippen LogP contribution in [0.15, 0.2) is 36.5 Å². The highest BCUT2D eigenvalue weighted by Crippen LogP contribution is 2.15. The van der Waals surface area contributed by atoms with Gasteiger partial charge in [-0.2, -0.15) is 0 Å². The quantitative estimate of drug-likeness (QED) is 0.642. The highest BCUT2D eigenvalue weighted by atomic mass is 14.9. The third kappa shape index (κ3) is 1.82. The summed E-state index contributed by atoms with van der Waals surface area (Å²) in [5.74, 6) is 0. The van der Waals surface area contributed by atoms with Crippen LogP contribution in [0.3, 0.4) is 0 Å². The molecule has 1 nitrogen and oxygen atoms in total. The van der Waals surface area contributed by atoms with Gasteiger partial charge in [-0.25, -0.2) is 0 Å². The Morgan fingerprint density at radius 1 is 1.07 bits per heavy atom. The third-order valence-corrected chi connectivity index (χ3v) is 2.58. The number of hydrogen-bond acceptors (Lipinski definition) is 0. The van der Waals surface area contributed by atoms with Crippen molar-refractivity contribution in [2.75, 3.05) is 0 Å². The van der Waals surface area contributed by atoms with Crippen molar-refractivity contribution in [3.05, 3.63) is 43.5 Å². The molecule has 0 atom stereocenters. The molecule has 2 aromatic rings. The first-order valence-corrected chi connectivity index (χ1v) is 5.25. The lowest BCUT2D eigenvalue weighted by Gasteiger charge is -2.03. The molecular formula is C13H16N. The van der Waals surface area contributed by atoms with E-state index < -0.39 is 0 Å². The first kappa shape index (κ1) is 9.32. The van der Waals surface area contributed by atoms with Crippen LogP contribution in [-0.2, 0) is 6.54 Å². The molecule has 0 N–H and O–H groups in total. The maximum Gasteiger partial charge on any atom is 0.0480 e. The molecule has 0 bridgehead atoms. The van der Waals surface area contributed by atoms with Crippen LogP contribution in [-0.4, -0.2) is 4.57 Å². The summed E-state index contributed by atoms with van der Waals surface area (Å²) in [4.78, 5) is 0.